The molecule has 3 saturated heterocycles. The maximum Gasteiger partial charge on any atom is 0.420 e. The third-order valence-corrected chi connectivity index (χ3v) is 17.5. The number of carbonyl (C=O) groups is 1. The molecule has 12 nitrogen and oxygen atoms in total. The highest BCUT2D eigenvalue weighted by Crippen LogP contribution is 2.42. The Morgan fingerprint density at radius 2 is 1.79 bits per heavy atom. The highest BCUT2D eigenvalue weighted by Gasteiger charge is 2.41. The third kappa shape index (κ3) is 8.74. The smallest absolute Gasteiger partial charge is 0.420 e. The first-order valence-electron chi connectivity index (χ1n) is 21.1. The summed E-state index contributed by atoms with van der Waals surface area (Å²) in [6.45, 7) is 14.9. The molecule has 0 spiro atoms. The number of aromatic hydroxyl groups is 1. The number of H-pyrrole nitrogens is 1. The first-order chi connectivity index (χ1) is 29.2. The fourth-order valence-electron chi connectivity index (χ4n) is 8.68. The molecular weight excluding hydrogens is 787 g/mol. The molecule has 13 heteroatoms. The second-order valence-corrected chi connectivity index (χ2v) is 22.7. The summed E-state index contributed by atoms with van der Waals surface area (Å²) in [6.07, 6.45) is 4.48. The normalized spacial score (nSPS) is 18.6. The number of aromatic amines is 1. The molecule has 0 radical (unpaired) electrons. The molecule has 3 aliphatic rings. The summed E-state index contributed by atoms with van der Waals surface area (Å²) in [4.78, 5) is 45.2. The molecule has 3 aliphatic heterocycles. The van der Waals surface area contributed by atoms with Crippen LogP contribution in [0.2, 0.25) is 18.1 Å². The predicted molar refractivity (Wildman–Crippen MR) is 244 cm³/mol. The van der Waals surface area contributed by atoms with Crippen LogP contribution in [0.1, 0.15) is 56.4 Å². The Hall–Kier alpha value is -5.73. The van der Waals surface area contributed by atoms with Crippen molar-refractivity contribution in [2.45, 2.75) is 77.0 Å². The van der Waals surface area contributed by atoms with Crippen molar-refractivity contribution in [1.29, 1.82) is 0 Å². The zero-order valence-corrected chi connectivity index (χ0v) is 36.5. The van der Waals surface area contributed by atoms with Crippen molar-refractivity contribution in [3.63, 3.8) is 0 Å². The molecule has 4 N–H and O–H groups in total. The molecule has 2 aromatic heterocycles. The molecule has 61 heavy (non-hydrogen) atoms. The van der Waals surface area contributed by atoms with Gasteiger partial charge < -0.3 is 34.3 Å². The average molecular weight is 842 g/mol. The second kappa shape index (κ2) is 17.0. The monoisotopic (exact) mass is 841 g/mol. The van der Waals surface area contributed by atoms with E-state index in [1.54, 1.807) is 21.6 Å². The lowest BCUT2D eigenvalue weighted by molar-refractivity contribution is 0.0838. The van der Waals surface area contributed by atoms with Crippen molar-refractivity contribution in [3.05, 3.63) is 135 Å². The van der Waals surface area contributed by atoms with Crippen molar-refractivity contribution < 1.29 is 23.9 Å². The van der Waals surface area contributed by atoms with Crippen LogP contribution in [0, 0.1) is 5.92 Å². The number of phenolic OH excluding ortho intramolecular Hbond substituents is 1. The number of benzene rings is 4. The van der Waals surface area contributed by atoms with Gasteiger partial charge in [-0.05, 0) is 103 Å². The van der Waals surface area contributed by atoms with Crippen LogP contribution in [-0.4, -0.2) is 71.3 Å². The molecular formula is C48H55N5O7Si. The van der Waals surface area contributed by atoms with E-state index in [1.165, 1.54) is 6.07 Å². The van der Waals surface area contributed by atoms with Gasteiger partial charge in [-0.2, -0.15) is 0 Å². The Morgan fingerprint density at radius 3 is 2.49 bits per heavy atom. The van der Waals surface area contributed by atoms with Crippen LogP contribution < -0.4 is 21.5 Å². The van der Waals surface area contributed by atoms with Gasteiger partial charge in [0.15, 0.2) is 13.9 Å². The van der Waals surface area contributed by atoms with Crippen molar-refractivity contribution in [2.24, 2.45) is 5.92 Å². The summed E-state index contributed by atoms with van der Waals surface area (Å²) in [5.41, 5.74) is 6.34. The number of hydrogen-bond donors (Lipinski definition) is 4. The third-order valence-electron chi connectivity index (χ3n) is 13.0. The van der Waals surface area contributed by atoms with E-state index < -0.39 is 20.2 Å². The standard InChI is InChI=1S/C48H55N5O7Si/c1-48(2,3)61(4,5)60-43(36-16-18-41(54)45-37(36)17-20-44(55)50-45)29-49-28-32-14-19-42-39(27-32)52(47(58)59-42)23-9-10-31-13-15-35(33-11-7-6-8-12-33)38(26-31)53(46(56)57)40-30-51-24-21-34(40)22-25-51/h6-20,26-27,34,40,43,49,54H,21-25,28-30H2,1-5H3,(H,50,55)(H,56,57)/t40-,43-/m0/s1. The van der Waals surface area contributed by atoms with Gasteiger partial charge in [0.2, 0.25) is 5.56 Å². The fourth-order valence-corrected chi connectivity index (χ4v) is 9.96. The van der Waals surface area contributed by atoms with Crippen molar-refractivity contribution in [2.75, 3.05) is 31.1 Å². The number of hydrogen-bond acceptors (Lipinski definition) is 8. The summed E-state index contributed by atoms with van der Waals surface area (Å²) in [5.74, 6) is -0.153. The number of anilines is 1. The van der Waals surface area contributed by atoms with Crippen LogP contribution in [-0.2, 0) is 17.5 Å². The minimum atomic E-state index is -2.28. The number of oxazole rings is 1. The molecule has 6 aromatic rings. The fraction of sp³-hybridized carbons (Fsp3) is 0.354. The lowest BCUT2D eigenvalue weighted by Crippen LogP contribution is -2.59. The van der Waals surface area contributed by atoms with E-state index in [9.17, 15) is 24.6 Å². The van der Waals surface area contributed by atoms with Gasteiger partial charge in [0.1, 0.15) is 5.75 Å². The molecule has 318 valence electrons. The molecule has 9 rings (SSSR count). The van der Waals surface area contributed by atoms with E-state index in [1.807, 2.05) is 84.9 Å². The molecule has 3 fully saturated rings. The quantitative estimate of drug-likeness (QED) is 0.0835. The number of piperidine rings is 3. The number of rotatable bonds is 13. The van der Waals surface area contributed by atoms with E-state index >= 15 is 0 Å². The van der Waals surface area contributed by atoms with Gasteiger partial charge in [-0.3, -0.25) is 14.3 Å². The van der Waals surface area contributed by atoms with E-state index in [0.29, 0.717) is 41.3 Å². The second-order valence-electron chi connectivity index (χ2n) is 18.0. The van der Waals surface area contributed by atoms with Gasteiger partial charge in [-0.15, -0.1) is 0 Å². The number of fused-ring (bicyclic) bond motifs is 5. The number of nitrogens with one attached hydrogen (secondary N) is 2. The SMILES string of the molecule is CC(C)(C)[Si](C)(C)O[C@@H](CNCc1ccc2oc(=O)n(CC=Cc3ccc(-c4ccccc4)c(N(C(=O)O)[C@H]4CN5CCC4CC5)c3)c2c1)c1ccc(O)c2[nH]c(=O)ccc12. The summed E-state index contributed by atoms with van der Waals surface area (Å²) in [6, 6.07) is 28.0. The summed E-state index contributed by atoms with van der Waals surface area (Å²) in [7, 11) is -2.28. The number of phenols is 1. The number of nitrogens with zero attached hydrogens (tertiary/aromatic N) is 3. The minimum Gasteiger partial charge on any atom is -0.506 e. The zero-order chi connectivity index (χ0) is 43.1. The Kier molecular flexibility index (Phi) is 11.7. The van der Waals surface area contributed by atoms with Crippen molar-refractivity contribution >= 4 is 48.2 Å². The largest absolute Gasteiger partial charge is 0.506 e. The van der Waals surface area contributed by atoms with Gasteiger partial charge in [0, 0.05) is 43.2 Å². The summed E-state index contributed by atoms with van der Waals surface area (Å²) in [5, 5.41) is 25.5. The van der Waals surface area contributed by atoms with Crippen LogP contribution in [0.5, 0.6) is 5.75 Å². The van der Waals surface area contributed by atoms with Crippen LogP contribution in [0.15, 0.2) is 111 Å². The van der Waals surface area contributed by atoms with E-state index in [-0.39, 0.29) is 35.0 Å². The predicted octanol–water partition coefficient (Wildman–Crippen LogP) is 8.95. The Bertz CT molecular complexity index is 2710. The molecule has 0 unspecified atom stereocenters. The highest BCUT2D eigenvalue weighted by atomic mass is 28.4. The Balaban J connectivity index is 1.03. The van der Waals surface area contributed by atoms with Crippen molar-refractivity contribution in [3.8, 4) is 16.9 Å². The maximum absolute atomic E-state index is 13.2. The summed E-state index contributed by atoms with van der Waals surface area (Å²) < 4.78 is 14.2. The van der Waals surface area contributed by atoms with Gasteiger partial charge in [-0.25, -0.2) is 9.59 Å². The molecule has 0 aliphatic carbocycles. The molecule has 0 saturated carbocycles. The van der Waals surface area contributed by atoms with Crippen LogP contribution in [0.4, 0.5) is 10.5 Å². The minimum absolute atomic E-state index is 0.00000197. The first-order valence-corrected chi connectivity index (χ1v) is 24.0. The van der Waals surface area contributed by atoms with Crippen molar-refractivity contribution in [1.82, 2.24) is 19.8 Å². The number of amides is 1. The number of allylic oxidation sites excluding steroid dienone is 1. The van der Waals surface area contributed by atoms with Crippen LogP contribution >= 0.6 is 0 Å². The van der Waals surface area contributed by atoms with E-state index in [4.69, 9.17) is 8.84 Å². The zero-order valence-electron chi connectivity index (χ0n) is 35.5. The molecule has 5 heterocycles. The topological polar surface area (TPSA) is 153 Å². The van der Waals surface area contributed by atoms with Crippen LogP contribution in [0.25, 0.3) is 39.2 Å². The lowest BCUT2D eigenvalue weighted by atomic mass is 9.82. The lowest BCUT2D eigenvalue weighted by Gasteiger charge is -2.48. The van der Waals surface area contributed by atoms with Gasteiger partial charge in [-0.1, -0.05) is 87.5 Å². The maximum atomic E-state index is 13.2. The van der Waals surface area contributed by atoms with Crippen LogP contribution in [0.3, 0.4) is 0 Å². The molecule has 2 bridgehead atoms. The number of carboxylic acid groups (broad SMARTS) is 1. The highest BCUT2D eigenvalue weighted by molar-refractivity contribution is 6.74. The van der Waals surface area contributed by atoms with Gasteiger partial charge in [0.05, 0.1) is 28.9 Å². The first kappa shape index (κ1) is 42.0. The molecule has 4 aromatic carbocycles. The van der Waals surface area contributed by atoms with E-state index in [0.717, 1.165) is 65.7 Å². The Morgan fingerprint density at radius 1 is 1.02 bits per heavy atom. The average Bonchev–Trinajstić information content (AvgIpc) is 3.55. The molecule has 2 atom stereocenters. The number of pyridine rings is 1. The summed E-state index contributed by atoms with van der Waals surface area (Å²) >= 11 is 0. The van der Waals surface area contributed by atoms with Gasteiger partial charge in [0.25, 0.3) is 0 Å². The molecule has 1 amide bonds. The van der Waals surface area contributed by atoms with E-state index in [2.05, 4.69) is 49.1 Å². The Labute approximate surface area is 356 Å². The number of aromatic nitrogens is 2. The van der Waals surface area contributed by atoms with Gasteiger partial charge >= 0.3 is 11.8 Å².